The van der Waals surface area contributed by atoms with Gasteiger partial charge in [0.05, 0.1) is 10.7 Å². The smallest absolute Gasteiger partial charge is 0.235 e. The normalized spacial score (nSPS) is 12.9. The van der Waals surface area contributed by atoms with Gasteiger partial charge in [-0.05, 0) is 60.0 Å². The van der Waals surface area contributed by atoms with E-state index in [0.717, 1.165) is 11.1 Å². The molecule has 1 atom stereocenters. The summed E-state index contributed by atoms with van der Waals surface area (Å²) in [7, 11) is 0. The minimum absolute atomic E-state index is 0.0232. The number of carbonyl (C=O) groups is 3. The van der Waals surface area contributed by atoms with Crippen LogP contribution in [0.1, 0.15) is 41.9 Å². The molecule has 6 nitrogen and oxygen atoms in total. The van der Waals surface area contributed by atoms with Crippen LogP contribution in [0.25, 0.3) is 22.1 Å². The lowest BCUT2D eigenvalue weighted by atomic mass is 9.76. The van der Waals surface area contributed by atoms with Crippen molar-refractivity contribution >= 4 is 57.3 Å². The van der Waals surface area contributed by atoms with E-state index >= 15 is 0 Å². The summed E-state index contributed by atoms with van der Waals surface area (Å²) in [6, 6.07) is 16.9. The van der Waals surface area contributed by atoms with Crippen molar-refractivity contribution in [3.63, 3.8) is 0 Å². The lowest BCUT2D eigenvalue weighted by Crippen LogP contribution is -2.45. The summed E-state index contributed by atoms with van der Waals surface area (Å²) in [5.74, 6) is -1.45. The number of nitrogens with two attached hydrogens (primary N) is 2. The van der Waals surface area contributed by atoms with Gasteiger partial charge in [0.25, 0.3) is 0 Å². The highest BCUT2D eigenvalue weighted by Crippen LogP contribution is 2.36. The summed E-state index contributed by atoms with van der Waals surface area (Å²) in [5.41, 5.74) is 13.2. The standard InChI is InChI=1S/C27H22Cl2N2O4/c1-3-22(32)27(2,26(31)34)16-6-4-5-14(11-16)15-7-9-19-21(12-15)35-25(23(19)30)24(33)18-10-8-17(28)13-20(18)29/h4-13H,3,30H2,1-2H3,(H2,31,34). The number of fused-ring (bicyclic) bond motifs is 1. The van der Waals surface area contributed by atoms with Crippen molar-refractivity contribution in [2.24, 2.45) is 5.73 Å². The number of hydrogen-bond donors (Lipinski definition) is 2. The molecule has 178 valence electrons. The van der Waals surface area contributed by atoms with Crippen molar-refractivity contribution in [1.82, 2.24) is 0 Å². The highest BCUT2D eigenvalue weighted by Gasteiger charge is 2.40. The van der Waals surface area contributed by atoms with Gasteiger partial charge in [-0.2, -0.15) is 0 Å². The molecule has 0 aliphatic rings. The van der Waals surface area contributed by atoms with E-state index in [4.69, 9.17) is 39.1 Å². The van der Waals surface area contributed by atoms with Gasteiger partial charge in [0, 0.05) is 22.4 Å². The van der Waals surface area contributed by atoms with Crippen molar-refractivity contribution in [2.45, 2.75) is 25.7 Å². The molecule has 35 heavy (non-hydrogen) atoms. The highest BCUT2D eigenvalue weighted by molar-refractivity contribution is 6.37. The summed E-state index contributed by atoms with van der Waals surface area (Å²) >= 11 is 12.1. The van der Waals surface area contributed by atoms with E-state index in [0.29, 0.717) is 21.6 Å². The Hall–Kier alpha value is -3.61. The van der Waals surface area contributed by atoms with E-state index in [1.54, 1.807) is 43.3 Å². The van der Waals surface area contributed by atoms with Crippen LogP contribution in [0.15, 0.2) is 65.1 Å². The van der Waals surface area contributed by atoms with Crippen molar-refractivity contribution in [3.8, 4) is 11.1 Å². The number of rotatable bonds is 7. The van der Waals surface area contributed by atoms with E-state index in [-0.39, 0.29) is 34.2 Å². The fraction of sp³-hybridized carbons (Fsp3) is 0.148. The molecule has 0 spiro atoms. The summed E-state index contributed by atoms with van der Waals surface area (Å²) < 4.78 is 5.86. The molecule has 0 aliphatic heterocycles. The molecule has 1 aromatic heterocycles. The van der Waals surface area contributed by atoms with Crippen LogP contribution in [-0.2, 0) is 15.0 Å². The molecule has 4 N–H and O–H groups in total. The first-order valence-electron chi connectivity index (χ1n) is 10.8. The number of anilines is 1. The van der Waals surface area contributed by atoms with E-state index < -0.39 is 17.1 Å². The van der Waals surface area contributed by atoms with Gasteiger partial charge in [-0.15, -0.1) is 0 Å². The minimum atomic E-state index is -1.44. The quantitative estimate of drug-likeness (QED) is 0.236. The first-order valence-corrected chi connectivity index (χ1v) is 11.6. The van der Waals surface area contributed by atoms with Crippen molar-refractivity contribution in [2.75, 3.05) is 5.73 Å². The second-order valence-corrected chi connectivity index (χ2v) is 9.20. The molecule has 1 unspecified atom stereocenters. The SMILES string of the molecule is CCC(=O)C(C)(C(N)=O)c1cccc(-c2ccc3c(N)c(C(=O)c4ccc(Cl)cc4Cl)oc3c2)c1. The summed E-state index contributed by atoms with van der Waals surface area (Å²) in [6.45, 7) is 3.23. The maximum absolute atomic E-state index is 13.1. The van der Waals surface area contributed by atoms with Crippen LogP contribution >= 0.6 is 23.2 Å². The van der Waals surface area contributed by atoms with Crippen molar-refractivity contribution in [1.29, 1.82) is 0 Å². The monoisotopic (exact) mass is 508 g/mol. The number of benzene rings is 3. The molecule has 0 saturated carbocycles. The Kier molecular flexibility index (Phi) is 6.45. The van der Waals surface area contributed by atoms with Gasteiger partial charge in [-0.25, -0.2) is 0 Å². The molecular weight excluding hydrogens is 487 g/mol. The van der Waals surface area contributed by atoms with Crippen molar-refractivity contribution < 1.29 is 18.8 Å². The van der Waals surface area contributed by atoms with E-state index in [1.807, 2.05) is 12.1 Å². The maximum Gasteiger partial charge on any atom is 0.235 e. The third-order valence-electron chi connectivity index (χ3n) is 6.26. The molecule has 1 heterocycles. The largest absolute Gasteiger partial charge is 0.450 e. The molecule has 8 heteroatoms. The molecule has 0 saturated heterocycles. The first-order chi connectivity index (χ1) is 16.6. The van der Waals surface area contributed by atoms with Gasteiger partial charge in [0.1, 0.15) is 11.0 Å². The van der Waals surface area contributed by atoms with Crippen LogP contribution in [0.2, 0.25) is 10.0 Å². The zero-order chi connectivity index (χ0) is 25.5. The Balaban J connectivity index is 1.78. The average molecular weight is 509 g/mol. The highest BCUT2D eigenvalue weighted by atomic mass is 35.5. The lowest BCUT2D eigenvalue weighted by molar-refractivity contribution is -0.133. The van der Waals surface area contributed by atoms with Crippen LogP contribution in [-0.4, -0.2) is 17.5 Å². The second kappa shape index (κ2) is 9.21. The molecule has 0 aliphatic carbocycles. The molecule has 4 aromatic rings. The number of halogens is 2. The van der Waals surface area contributed by atoms with Crippen LogP contribution in [0, 0.1) is 0 Å². The number of carbonyl (C=O) groups excluding carboxylic acids is 3. The number of Topliss-reactive ketones (excluding diaryl/α,β-unsaturated/α-hetero) is 1. The average Bonchev–Trinajstić information content (AvgIpc) is 3.18. The molecule has 1 amide bonds. The van der Waals surface area contributed by atoms with Crippen LogP contribution in [0.4, 0.5) is 5.69 Å². The Bertz CT molecular complexity index is 1510. The van der Waals surface area contributed by atoms with Gasteiger partial charge in [0.15, 0.2) is 11.5 Å². The molecule has 4 rings (SSSR count). The number of nitrogen functional groups attached to an aromatic ring is 1. The Morgan fingerprint density at radius 3 is 2.34 bits per heavy atom. The Morgan fingerprint density at radius 1 is 0.971 bits per heavy atom. The van der Waals surface area contributed by atoms with Crippen LogP contribution in [0.3, 0.4) is 0 Å². The molecular formula is C27H22Cl2N2O4. The summed E-state index contributed by atoms with van der Waals surface area (Å²) in [4.78, 5) is 37.9. The second-order valence-electron chi connectivity index (χ2n) is 8.36. The van der Waals surface area contributed by atoms with Crippen molar-refractivity contribution in [3.05, 3.63) is 87.6 Å². The zero-order valence-electron chi connectivity index (χ0n) is 19.0. The number of primary amides is 1. The predicted octanol–water partition coefficient (Wildman–Crippen LogP) is 5.94. The molecule has 3 aromatic carbocycles. The minimum Gasteiger partial charge on any atom is -0.450 e. The third-order valence-corrected chi connectivity index (χ3v) is 6.80. The molecule has 0 radical (unpaired) electrons. The summed E-state index contributed by atoms with van der Waals surface area (Å²) in [6.07, 6.45) is 0.176. The number of ketones is 2. The van der Waals surface area contributed by atoms with Gasteiger partial charge >= 0.3 is 0 Å². The Morgan fingerprint density at radius 2 is 1.69 bits per heavy atom. The topological polar surface area (TPSA) is 116 Å². The number of furan rings is 1. The molecule has 0 fully saturated rings. The van der Waals surface area contributed by atoms with Gasteiger partial charge in [0.2, 0.25) is 11.7 Å². The van der Waals surface area contributed by atoms with Crippen LogP contribution in [0.5, 0.6) is 0 Å². The van der Waals surface area contributed by atoms with Gasteiger partial charge in [-0.1, -0.05) is 54.4 Å². The van der Waals surface area contributed by atoms with E-state index in [9.17, 15) is 14.4 Å². The Labute approximate surface area is 211 Å². The molecule has 0 bridgehead atoms. The fourth-order valence-electron chi connectivity index (χ4n) is 4.06. The summed E-state index contributed by atoms with van der Waals surface area (Å²) in [5, 5.41) is 1.17. The van der Waals surface area contributed by atoms with Gasteiger partial charge in [-0.3, -0.25) is 14.4 Å². The third kappa shape index (κ3) is 4.20. The lowest BCUT2D eigenvalue weighted by Gasteiger charge is -2.25. The first kappa shape index (κ1) is 24.5. The van der Waals surface area contributed by atoms with E-state index in [2.05, 4.69) is 0 Å². The van der Waals surface area contributed by atoms with E-state index in [1.165, 1.54) is 19.1 Å². The fourth-order valence-corrected chi connectivity index (χ4v) is 4.56. The zero-order valence-corrected chi connectivity index (χ0v) is 20.5. The predicted molar refractivity (Wildman–Crippen MR) is 138 cm³/mol. The number of hydrogen-bond acceptors (Lipinski definition) is 5. The maximum atomic E-state index is 13.1. The van der Waals surface area contributed by atoms with Gasteiger partial charge < -0.3 is 15.9 Å². The number of amides is 1. The van der Waals surface area contributed by atoms with Crippen LogP contribution < -0.4 is 11.5 Å².